The van der Waals surface area contributed by atoms with Crippen LogP contribution in [0.25, 0.3) is 0 Å². The van der Waals surface area contributed by atoms with Crippen molar-refractivity contribution in [2.75, 3.05) is 0 Å². The van der Waals surface area contributed by atoms with Crippen LogP contribution in [0, 0.1) is 5.92 Å². The molecular formula is C15H16O2. The molecule has 2 atom stereocenters. The Kier molecular flexibility index (Phi) is 2.63. The van der Waals surface area contributed by atoms with Crippen molar-refractivity contribution >= 4 is 0 Å². The van der Waals surface area contributed by atoms with Gasteiger partial charge in [0.15, 0.2) is 0 Å². The van der Waals surface area contributed by atoms with E-state index in [1.54, 1.807) is 6.08 Å². The molecule has 2 aliphatic rings. The van der Waals surface area contributed by atoms with Gasteiger partial charge in [-0.1, -0.05) is 30.3 Å². The Morgan fingerprint density at radius 1 is 1.12 bits per heavy atom. The van der Waals surface area contributed by atoms with Gasteiger partial charge in [-0.25, -0.2) is 0 Å². The van der Waals surface area contributed by atoms with Crippen LogP contribution >= 0.6 is 0 Å². The number of aliphatic hydroxyl groups excluding tert-OH is 1. The van der Waals surface area contributed by atoms with Gasteiger partial charge in [-0.3, -0.25) is 0 Å². The number of rotatable bonds is 1. The van der Waals surface area contributed by atoms with Crippen molar-refractivity contribution in [1.82, 2.24) is 0 Å². The molecule has 0 spiro atoms. The van der Waals surface area contributed by atoms with Crippen molar-refractivity contribution in [3.05, 3.63) is 59.6 Å². The van der Waals surface area contributed by atoms with Gasteiger partial charge in [-0.15, -0.1) is 0 Å². The lowest BCUT2D eigenvalue weighted by Gasteiger charge is -2.33. The predicted octanol–water partition coefficient (Wildman–Crippen LogP) is 3.88. The number of hydrogen-bond donors (Lipinski definition) is 1. The number of fused-ring (bicyclic) bond motifs is 1. The van der Waals surface area contributed by atoms with Gasteiger partial charge in [0.1, 0.15) is 17.6 Å². The van der Waals surface area contributed by atoms with E-state index in [-0.39, 0.29) is 6.10 Å². The zero-order valence-corrected chi connectivity index (χ0v) is 9.67. The maximum Gasteiger partial charge on any atom is 0.123 e. The summed E-state index contributed by atoms with van der Waals surface area (Å²) >= 11 is 0. The fourth-order valence-corrected chi connectivity index (χ4v) is 2.57. The molecule has 88 valence electrons. The molecule has 1 aromatic carbocycles. The fourth-order valence-electron chi connectivity index (χ4n) is 2.57. The van der Waals surface area contributed by atoms with Crippen LogP contribution in [0.1, 0.15) is 30.9 Å². The zero-order chi connectivity index (χ0) is 11.7. The third-order valence-electron chi connectivity index (χ3n) is 3.53. The second-order valence-corrected chi connectivity index (χ2v) is 4.70. The Labute approximate surface area is 101 Å². The van der Waals surface area contributed by atoms with Crippen LogP contribution in [0.2, 0.25) is 0 Å². The summed E-state index contributed by atoms with van der Waals surface area (Å²) in [6.45, 7) is 0. The fraction of sp³-hybridized carbons (Fsp3) is 0.333. The zero-order valence-electron chi connectivity index (χ0n) is 9.67. The first-order chi connectivity index (χ1) is 8.33. The largest absolute Gasteiger partial charge is 0.508 e. The van der Waals surface area contributed by atoms with E-state index < -0.39 is 0 Å². The highest BCUT2D eigenvalue weighted by molar-refractivity contribution is 5.25. The van der Waals surface area contributed by atoms with Gasteiger partial charge in [0.05, 0.1) is 0 Å². The normalized spacial score (nSPS) is 27.5. The molecule has 1 saturated heterocycles. The number of ether oxygens (including phenoxy) is 1. The quantitative estimate of drug-likeness (QED) is 0.790. The molecule has 1 heterocycles. The average molecular weight is 228 g/mol. The summed E-state index contributed by atoms with van der Waals surface area (Å²) in [5.74, 6) is 1.75. The van der Waals surface area contributed by atoms with E-state index in [0.29, 0.717) is 11.7 Å². The maximum absolute atomic E-state index is 9.51. The second-order valence-electron chi connectivity index (χ2n) is 4.70. The first kappa shape index (κ1) is 10.5. The number of hydrogen-bond acceptors (Lipinski definition) is 2. The van der Waals surface area contributed by atoms with E-state index in [4.69, 9.17) is 4.74 Å². The Morgan fingerprint density at radius 3 is 2.76 bits per heavy atom. The van der Waals surface area contributed by atoms with E-state index in [1.165, 1.54) is 5.56 Å². The molecule has 0 bridgehead atoms. The SMILES string of the molecule is OC1=CCC2CCC(c3ccccc3)OC2=C1. The van der Waals surface area contributed by atoms with Crippen LogP contribution in [-0.4, -0.2) is 5.11 Å². The Hall–Kier alpha value is -1.70. The molecule has 3 rings (SSSR count). The highest BCUT2D eigenvalue weighted by Crippen LogP contribution is 2.40. The van der Waals surface area contributed by atoms with Crippen molar-refractivity contribution in [3.63, 3.8) is 0 Å². The minimum absolute atomic E-state index is 0.143. The molecular weight excluding hydrogens is 212 g/mol. The molecule has 17 heavy (non-hydrogen) atoms. The van der Waals surface area contributed by atoms with E-state index in [9.17, 15) is 5.11 Å². The lowest BCUT2D eigenvalue weighted by Crippen LogP contribution is -2.20. The maximum atomic E-state index is 9.51. The van der Waals surface area contributed by atoms with Crippen LogP contribution in [0.15, 0.2) is 54.0 Å². The van der Waals surface area contributed by atoms with Crippen molar-refractivity contribution in [2.45, 2.75) is 25.4 Å². The first-order valence-corrected chi connectivity index (χ1v) is 6.15. The monoisotopic (exact) mass is 228 g/mol. The molecule has 2 nitrogen and oxygen atoms in total. The molecule has 1 aromatic rings. The number of benzene rings is 1. The van der Waals surface area contributed by atoms with Crippen LogP contribution in [0.3, 0.4) is 0 Å². The summed E-state index contributed by atoms with van der Waals surface area (Å²) in [7, 11) is 0. The molecule has 1 aliphatic heterocycles. The van der Waals surface area contributed by atoms with Crippen molar-refractivity contribution in [2.24, 2.45) is 5.92 Å². The van der Waals surface area contributed by atoms with Gasteiger partial charge in [0.25, 0.3) is 0 Å². The first-order valence-electron chi connectivity index (χ1n) is 6.15. The lowest BCUT2D eigenvalue weighted by atomic mass is 9.87. The van der Waals surface area contributed by atoms with E-state index in [0.717, 1.165) is 25.0 Å². The molecule has 2 heteroatoms. The van der Waals surface area contributed by atoms with E-state index >= 15 is 0 Å². The van der Waals surface area contributed by atoms with E-state index in [1.807, 2.05) is 24.3 Å². The summed E-state index contributed by atoms with van der Waals surface area (Å²) in [4.78, 5) is 0. The van der Waals surface area contributed by atoms with Crippen LogP contribution < -0.4 is 0 Å². The third kappa shape index (κ3) is 2.07. The summed E-state index contributed by atoms with van der Waals surface area (Å²) in [6, 6.07) is 10.3. The van der Waals surface area contributed by atoms with Gasteiger partial charge in [0, 0.05) is 12.0 Å². The van der Waals surface area contributed by atoms with Gasteiger partial charge >= 0.3 is 0 Å². The van der Waals surface area contributed by atoms with Crippen LogP contribution in [0.4, 0.5) is 0 Å². The summed E-state index contributed by atoms with van der Waals surface area (Å²) in [6.07, 6.45) is 6.88. The second kappa shape index (κ2) is 4.28. The van der Waals surface area contributed by atoms with Gasteiger partial charge in [0.2, 0.25) is 0 Å². The number of allylic oxidation sites excluding steroid dienone is 3. The minimum Gasteiger partial charge on any atom is -0.508 e. The van der Waals surface area contributed by atoms with Gasteiger partial charge in [-0.2, -0.15) is 0 Å². The van der Waals surface area contributed by atoms with Crippen LogP contribution in [-0.2, 0) is 4.74 Å². The summed E-state index contributed by atoms with van der Waals surface area (Å²) in [5.41, 5.74) is 1.22. The standard InChI is InChI=1S/C15H16O2/c16-13-8-6-12-7-9-14(17-15(12)10-13)11-4-2-1-3-5-11/h1-5,8,10,12,14,16H,6-7,9H2. The van der Waals surface area contributed by atoms with Crippen molar-refractivity contribution in [3.8, 4) is 0 Å². The van der Waals surface area contributed by atoms with E-state index in [2.05, 4.69) is 12.1 Å². The number of aliphatic hydroxyl groups is 1. The topological polar surface area (TPSA) is 29.5 Å². The van der Waals surface area contributed by atoms with Gasteiger partial charge < -0.3 is 9.84 Å². The third-order valence-corrected chi connectivity index (χ3v) is 3.53. The van der Waals surface area contributed by atoms with Crippen molar-refractivity contribution < 1.29 is 9.84 Å². The highest BCUT2D eigenvalue weighted by atomic mass is 16.5. The summed E-state index contributed by atoms with van der Waals surface area (Å²) < 4.78 is 6.01. The molecule has 2 unspecified atom stereocenters. The average Bonchev–Trinajstić information content (AvgIpc) is 2.39. The molecule has 0 aromatic heterocycles. The molecule has 0 saturated carbocycles. The molecule has 0 amide bonds. The van der Waals surface area contributed by atoms with Crippen LogP contribution in [0.5, 0.6) is 0 Å². The summed E-state index contributed by atoms with van der Waals surface area (Å²) in [5, 5.41) is 9.51. The highest BCUT2D eigenvalue weighted by Gasteiger charge is 2.29. The molecule has 1 fully saturated rings. The Balaban J connectivity index is 1.81. The molecule has 0 radical (unpaired) electrons. The Morgan fingerprint density at radius 2 is 1.94 bits per heavy atom. The molecule has 1 aliphatic carbocycles. The predicted molar refractivity (Wildman–Crippen MR) is 66.4 cm³/mol. The lowest BCUT2D eigenvalue weighted by molar-refractivity contribution is 0.0431. The van der Waals surface area contributed by atoms with Gasteiger partial charge in [-0.05, 0) is 30.9 Å². The Bertz CT molecular complexity index is 459. The minimum atomic E-state index is 0.143. The van der Waals surface area contributed by atoms with Crippen molar-refractivity contribution in [1.29, 1.82) is 0 Å². The molecule has 1 N–H and O–H groups in total. The smallest absolute Gasteiger partial charge is 0.123 e.